The minimum Gasteiger partial charge on any atom is -0.340 e. The number of anilines is 1. The number of pyridine rings is 1. The number of carbonyl (C=O) groups is 2. The van der Waals surface area contributed by atoms with E-state index < -0.39 is 6.04 Å². The first-order valence-electron chi connectivity index (χ1n) is 9.24. The highest BCUT2D eigenvalue weighted by Crippen LogP contribution is 2.26. The van der Waals surface area contributed by atoms with Crippen LogP contribution in [0.4, 0.5) is 5.69 Å². The molecule has 1 fully saturated rings. The molecule has 0 bridgehead atoms. The van der Waals surface area contributed by atoms with Gasteiger partial charge >= 0.3 is 0 Å². The highest BCUT2D eigenvalue weighted by molar-refractivity contribution is 6.03. The quantitative estimate of drug-likeness (QED) is 0.916. The van der Waals surface area contributed by atoms with Gasteiger partial charge in [0.25, 0.3) is 5.91 Å². The van der Waals surface area contributed by atoms with Gasteiger partial charge in [-0.2, -0.15) is 5.10 Å². The number of piperidine rings is 1. The number of carbonyl (C=O) groups excluding carboxylic acids is 2. The fourth-order valence-corrected chi connectivity index (χ4v) is 3.91. The molecule has 7 nitrogen and oxygen atoms in total. The van der Waals surface area contributed by atoms with E-state index >= 15 is 0 Å². The zero-order chi connectivity index (χ0) is 18.1. The van der Waals surface area contributed by atoms with E-state index in [0.29, 0.717) is 24.6 Å². The van der Waals surface area contributed by atoms with Gasteiger partial charge < -0.3 is 10.2 Å². The lowest BCUT2D eigenvalue weighted by atomic mass is 10.0. The number of nitrogens with one attached hydrogen (secondary N) is 1. The van der Waals surface area contributed by atoms with Crippen molar-refractivity contribution in [3.63, 3.8) is 0 Å². The topological polar surface area (TPSA) is 80.1 Å². The zero-order valence-electron chi connectivity index (χ0n) is 14.9. The summed E-state index contributed by atoms with van der Waals surface area (Å²) in [6.45, 7) is 2.77. The van der Waals surface area contributed by atoms with Crippen molar-refractivity contribution in [2.24, 2.45) is 0 Å². The predicted octanol–water partition coefficient (Wildman–Crippen LogP) is 2.10. The van der Waals surface area contributed by atoms with Gasteiger partial charge in [0.1, 0.15) is 6.04 Å². The first-order chi connectivity index (χ1) is 12.6. The number of nitrogens with zero attached hydrogens (tertiary/aromatic N) is 4. The standard InChI is InChI=1S/C19H23N5O2/c1-13-5-2-8-17-15(12-21-24(13)17)18(25)22-16-7-4-10-23(19(16)26)14-6-3-9-20-11-14/h3,6,9,11-13,16H,2,4-5,7-8,10H2,1H3,(H,22,25). The zero-order valence-corrected chi connectivity index (χ0v) is 14.9. The van der Waals surface area contributed by atoms with Crippen LogP contribution >= 0.6 is 0 Å². The Morgan fingerprint density at radius 2 is 2.15 bits per heavy atom. The second-order valence-electron chi connectivity index (χ2n) is 7.06. The minimum absolute atomic E-state index is 0.0768. The van der Waals surface area contributed by atoms with Gasteiger partial charge in [-0.3, -0.25) is 19.3 Å². The predicted molar refractivity (Wildman–Crippen MR) is 97.0 cm³/mol. The molecule has 0 radical (unpaired) electrons. The third kappa shape index (κ3) is 2.98. The molecule has 2 aliphatic heterocycles. The molecule has 0 aliphatic carbocycles. The molecule has 2 unspecified atom stereocenters. The van der Waals surface area contributed by atoms with Crippen LogP contribution < -0.4 is 10.2 Å². The van der Waals surface area contributed by atoms with E-state index in [4.69, 9.17) is 0 Å². The molecule has 2 aliphatic rings. The molecule has 2 atom stereocenters. The maximum Gasteiger partial charge on any atom is 0.255 e. The van der Waals surface area contributed by atoms with Gasteiger partial charge in [-0.1, -0.05) is 0 Å². The van der Waals surface area contributed by atoms with Crippen LogP contribution in [0.1, 0.15) is 54.7 Å². The van der Waals surface area contributed by atoms with E-state index in [1.807, 2.05) is 16.8 Å². The van der Waals surface area contributed by atoms with Crippen molar-refractivity contribution in [2.75, 3.05) is 11.4 Å². The van der Waals surface area contributed by atoms with Crippen LogP contribution in [0.3, 0.4) is 0 Å². The van der Waals surface area contributed by atoms with E-state index in [1.54, 1.807) is 23.5 Å². The molecule has 4 heterocycles. The van der Waals surface area contributed by atoms with Gasteiger partial charge in [0.05, 0.1) is 29.3 Å². The van der Waals surface area contributed by atoms with E-state index in [0.717, 1.165) is 37.1 Å². The molecule has 0 saturated carbocycles. The third-order valence-corrected chi connectivity index (χ3v) is 5.30. The van der Waals surface area contributed by atoms with Gasteiger partial charge in [-0.15, -0.1) is 0 Å². The Labute approximate surface area is 152 Å². The van der Waals surface area contributed by atoms with Crippen molar-refractivity contribution in [2.45, 2.75) is 51.1 Å². The summed E-state index contributed by atoms with van der Waals surface area (Å²) in [7, 11) is 0. The fraction of sp³-hybridized carbons (Fsp3) is 0.474. The second kappa shape index (κ2) is 6.90. The SMILES string of the molecule is CC1CCCc2c(C(=O)NC3CCCN(c4cccnc4)C3=O)cnn21. The fourth-order valence-electron chi connectivity index (χ4n) is 3.91. The van der Waals surface area contributed by atoms with Crippen molar-refractivity contribution in [1.82, 2.24) is 20.1 Å². The summed E-state index contributed by atoms with van der Waals surface area (Å²) in [5, 5.41) is 7.32. The smallest absolute Gasteiger partial charge is 0.255 e. The minimum atomic E-state index is -0.506. The lowest BCUT2D eigenvalue weighted by Gasteiger charge is -2.32. The van der Waals surface area contributed by atoms with Crippen LogP contribution in [-0.4, -0.2) is 39.2 Å². The summed E-state index contributed by atoms with van der Waals surface area (Å²) in [6.07, 6.45) is 9.49. The Kier molecular flexibility index (Phi) is 4.44. The molecule has 26 heavy (non-hydrogen) atoms. The second-order valence-corrected chi connectivity index (χ2v) is 7.06. The van der Waals surface area contributed by atoms with Crippen molar-refractivity contribution in [1.29, 1.82) is 0 Å². The molecule has 2 aromatic rings. The molecule has 2 amide bonds. The Hall–Kier alpha value is -2.70. The van der Waals surface area contributed by atoms with Crippen molar-refractivity contribution < 1.29 is 9.59 Å². The van der Waals surface area contributed by atoms with Crippen LogP contribution in [0.15, 0.2) is 30.7 Å². The summed E-state index contributed by atoms with van der Waals surface area (Å²) in [6, 6.07) is 3.49. The van der Waals surface area contributed by atoms with E-state index in [2.05, 4.69) is 22.3 Å². The van der Waals surface area contributed by atoms with Crippen molar-refractivity contribution >= 4 is 17.5 Å². The Bertz CT molecular complexity index is 817. The first kappa shape index (κ1) is 16.8. The lowest BCUT2D eigenvalue weighted by molar-refractivity contribution is -0.121. The largest absolute Gasteiger partial charge is 0.340 e. The van der Waals surface area contributed by atoms with Crippen LogP contribution in [0.2, 0.25) is 0 Å². The average molecular weight is 353 g/mol. The summed E-state index contributed by atoms with van der Waals surface area (Å²) in [5.41, 5.74) is 2.35. The van der Waals surface area contributed by atoms with Crippen molar-refractivity contribution in [3.8, 4) is 0 Å². The summed E-state index contributed by atoms with van der Waals surface area (Å²) >= 11 is 0. The van der Waals surface area contributed by atoms with Crippen LogP contribution in [-0.2, 0) is 11.2 Å². The number of amides is 2. The summed E-state index contributed by atoms with van der Waals surface area (Å²) in [4.78, 5) is 31.4. The van der Waals surface area contributed by atoms with Crippen LogP contribution in [0.5, 0.6) is 0 Å². The average Bonchev–Trinajstić information content (AvgIpc) is 3.10. The Balaban J connectivity index is 1.50. The van der Waals surface area contributed by atoms with Gasteiger partial charge in [-0.25, -0.2) is 0 Å². The molecule has 2 aromatic heterocycles. The number of hydrogen-bond donors (Lipinski definition) is 1. The van der Waals surface area contributed by atoms with Gasteiger partial charge in [0.15, 0.2) is 0 Å². The molecule has 7 heteroatoms. The normalized spacial score (nSPS) is 22.8. The molecule has 136 valence electrons. The summed E-state index contributed by atoms with van der Waals surface area (Å²) in [5.74, 6) is -0.279. The molecular formula is C19H23N5O2. The molecule has 1 N–H and O–H groups in total. The molecular weight excluding hydrogens is 330 g/mol. The Morgan fingerprint density at radius 1 is 1.27 bits per heavy atom. The van der Waals surface area contributed by atoms with Crippen LogP contribution in [0.25, 0.3) is 0 Å². The molecule has 0 spiro atoms. The van der Waals surface area contributed by atoms with Crippen LogP contribution in [0, 0.1) is 0 Å². The molecule has 0 aromatic carbocycles. The summed E-state index contributed by atoms with van der Waals surface area (Å²) < 4.78 is 1.95. The number of rotatable bonds is 3. The van der Waals surface area contributed by atoms with Gasteiger partial charge in [0, 0.05) is 18.8 Å². The van der Waals surface area contributed by atoms with Gasteiger partial charge in [-0.05, 0) is 51.2 Å². The lowest BCUT2D eigenvalue weighted by Crippen LogP contribution is -2.52. The number of fused-ring (bicyclic) bond motifs is 1. The third-order valence-electron chi connectivity index (χ3n) is 5.30. The highest BCUT2D eigenvalue weighted by atomic mass is 16.2. The maximum atomic E-state index is 12.8. The van der Waals surface area contributed by atoms with Gasteiger partial charge in [0.2, 0.25) is 5.91 Å². The monoisotopic (exact) mass is 353 g/mol. The maximum absolute atomic E-state index is 12.8. The number of hydrogen-bond acceptors (Lipinski definition) is 4. The molecule has 4 rings (SSSR count). The number of aromatic nitrogens is 3. The van der Waals surface area contributed by atoms with Crippen molar-refractivity contribution in [3.05, 3.63) is 42.0 Å². The van der Waals surface area contributed by atoms with E-state index in [-0.39, 0.29) is 11.8 Å². The van der Waals surface area contributed by atoms with E-state index in [9.17, 15) is 9.59 Å². The highest BCUT2D eigenvalue weighted by Gasteiger charge is 2.32. The molecule has 1 saturated heterocycles. The Morgan fingerprint density at radius 3 is 2.96 bits per heavy atom. The first-order valence-corrected chi connectivity index (χ1v) is 9.24. The van der Waals surface area contributed by atoms with E-state index in [1.165, 1.54) is 0 Å².